The van der Waals surface area contributed by atoms with Gasteiger partial charge in [-0.3, -0.25) is 4.98 Å². The van der Waals surface area contributed by atoms with Crippen molar-refractivity contribution in [3.05, 3.63) is 58.4 Å². The number of hydrogen-bond acceptors (Lipinski definition) is 6. The highest BCUT2D eigenvalue weighted by atomic mass is 32.1. The van der Waals surface area contributed by atoms with E-state index in [0.717, 1.165) is 35.4 Å². The van der Waals surface area contributed by atoms with Gasteiger partial charge in [0.1, 0.15) is 5.82 Å². The number of hydrogen-bond donors (Lipinski definition) is 1. The first-order chi connectivity index (χ1) is 13.7. The van der Waals surface area contributed by atoms with Crippen LogP contribution in [-0.4, -0.2) is 21.5 Å². The maximum absolute atomic E-state index is 5.03. The van der Waals surface area contributed by atoms with Crippen molar-refractivity contribution in [2.45, 2.75) is 51.5 Å². The maximum atomic E-state index is 5.03. The lowest BCUT2D eigenvalue weighted by Crippen LogP contribution is -2.24. The third kappa shape index (κ3) is 3.49. The van der Waals surface area contributed by atoms with Crippen molar-refractivity contribution in [3.8, 4) is 0 Å². The van der Waals surface area contributed by atoms with Crippen molar-refractivity contribution in [2.24, 2.45) is 0 Å². The maximum Gasteiger partial charge on any atom is 0.188 e. The van der Waals surface area contributed by atoms with Crippen LogP contribution in [0.25, 0.3) is 0 Å². The Hall–Kier alpha value is -2.47. The molecule has 0 amide bonds. The Morgan fingerprint density at radius 1 is 1.04 bits per heavy atom. The van der Waals surface area contributed by atoms with Crippen molar-refractivity contribution in [3.63, 3.8) is 0 Å². The van der Waals surface area contributed by atoms with E-state index in [2.05, 4.69) is 53.3 Å². The molecule has 28 heavy (non-hydrogen) atoms. The summed E-state index contributed by atoms with van der Waals surface area (Å²) in [5.74, 6) is 2.38. The van der Waals surface area contributed by atoms with E-state index in [0.29, 0.717) is 12.0 Å². The third-order valence-electron chi connectivity index (χ3n) is 5.61. The summed E-state index contributed by atoms with van der Waals surface area (Å²) in [6.07, 6.45) is 8.61. The summed E-state index contributed by atoms with van der Waals surface area (Å²) in [6.45, 7) is 5.23. The molecule has 1 atom stereocenters. The summed E-state index contributed by atoms with van der Waals surface area (Å²) in [4.78, 5) is 17.9. The van der Waals surface area contributed by atoms with Gasteiger partial charge in [0.2, 0.25) is 0 Å². The van der Waals surface area contributed by atoms with Crippen LogP contribution >= 0.6 is 11.3 Å². The molecule has 6 heteroatoms. The molecule has 2 fully saturated rings. The second kappa shape index (κ2) is 7.17. The Balaban J connectivity index is 1.47. The molecule has 1 unspecified atom stereocenters. The molecule has 1 aliphatic heterocycles. The van der Waals surface area contributed by atoms with Gasteiger partial charge >= 0.3 is 0 Å². The molecular weight excluding hydrogens is 366 g/mol. The molecule has 3 heterocycles. The van der Waals surface area contributed by atoms with Gasteiger partial charge in [-0.1, -0.05) is 29.8 Å². The minimum atomic E-state index is 0.372. The predicted octanol–water partition coefficient (Wildman–Crippen LogP) is 5.51. The molecule has 1 saturated heterocycles. The zero-order valence-corrected chi connectivity index (χ0v) is 17.2. The van der Waals surface area contributed by atoms with Crippen LogP contribution in [0.1, 0.15) is 59.3 Å². The molecule has 3 aromatic rings. The summed E-state index contributed by atoms with van der Waals surface area (Å²) in [6, 6.07) is 9.28. The average Bonchev–Trinajstić information content (AvgIpc) is 3.27. The number of anilines is 3. The summed E-state index contributed by atoms with van der Waals surface area (Å²) >= 11 is 1.66. The standard InChI is InChI=1S/C22H25N5S/c1-14-5-7-16(8-6-14)18-4-3-11-27(18)19-13-23-20(17-9-10-17)21(25-19)26-22-24-12-15(2)28-22/h5-8,12-13,17-18H,3-4,9-11H2,1-2H3,(H,24,25,26). The van der Waals surface area contributed by atoms with E-state index in [9.17, 15) is 0 Å². The first-order valence-electron chi connectivity index (χ1n) is 10.1. The highest BCUT2D eigenvalue weighted by Crippen LogP contribution is 2.44. The molecule has 1 aliphatic carbocycles. The number of benzene rings is 1. The van der Waals surface area contributed by atoms with Crippen LogP contribution in [0, 0.1) is 13.8 Å². The van der Waals surface area contributed by atoms with E-state index in [4.69, 9.17) is 9.97 Å². The Bertz CT molecular complexity index is 977. The summed E-state index contributed by atoms with van der Waals surface area (Å²) < 4.78 is 0. The van der Waals surface area contributed by atoms with Crippen molar-refractivity contribution < 1.29 is 0 Å². The van der Waals surface area contributed by atoms with Crippen molar-refractivity contribution in [2.75, 3.05) is 16.8 Å². The molecule has 0 radical (unpaired) electrons. The SMILES string of the molecule is Cc1ccc(C2CCCN2c2cnc(C3CC3)c(Nc3ncc(C)s3)n2)cc1. The summed E-state index contributed by atoms with van der Waals surface area (Å²) in [7, 11) is 0. The van der Waals surface area contributed by atoms with Crippen LogP contribution < -0.4 is 10.2 Å². The third-order valence-corrected chi connectivity index (χ3v) is 6.44. The van der Waals surface area contributed by atoms with Crippen LogP contribution in [0.3, 0.4) is 0 Å². The topological polar surface area (TPSA) is 53.9 Å². The van der Waals surface area contributed by atoms with Gasteiger partial charge in [-0.2, -0.15) is 0 Å². The first-order valence-corrected chi connectivity index (χ1v) is 10.9. The molecule has 5 nitrogen and oxygen atoms in total. The monoisotopic (exact) mass is 391 g/mol. The number of aromatic nitrogens is 3. The van der Waals surface area contributed by atoms with Gasteiger partial charge in [0, 0.05) is 23.5 Å². The van der Waals surface area contributed by atoms with E-state index in [1.807, 2.05) is 12.4 Å². The average molecular weight is 392 g/mol. The lowest BCUT2D eigenvalue weighted by Gasteiger charge is -2.26. The van der Waals surface area contributed by atoms with Gasteiger partial charge in [0.15, 0.2) is 10.9 Å². The Kier molecular flexibility index (Phi) is 4.51. The van der Waals surface area contributed by atoms with Crippen molar-refractivity contribution in [1.29, 1.82) is 0 Å². The van der Waals surface area contributed by atoms with Crippen LogP contribution in [0.5, 0.6) is 0 Å². The van der Waals surface area contributed by atoms with E-state index in [1.165, 1.54) is 35.3 Å². The molecule has 5 rings (SSSR count). The first kappa shape index (κ1) is 17.6. The molecule has 0 spiro atoms. The van der Waals surface area contributed by atoms with Gasteiger partial charge in [0.05, 0.1) is 17.9 Å². The van der Waals surface area contributed by atoms with E-state index < -0.39 is 0 Å². The van der Waals surface area contributed by atoms with Gasteiger partial charge in [-0.15, -0.1) is 11.3 Å². The second-order valence-corrected chi connectivity index (χ2v) is 9.13. The highest BCUT2D eigenvalue weighted by molar-refractivity contribution is 7.15. The largest absolute Gasteiger partial charge is 0.348 e. The molecule has 1 N–H and O–H groups in total. The summed E-state index contributed by atoms with van der Waals surface area (Å²) in [5, 5.41) is 4.34. The van der Waals surface area contributed by atoms with E-state index in [1.54, 1.807) is 11.3 Å². The van der Waals surface area contributed by atoms with Gasteiger partial charge in [-0.05, 0) is 45.1 Å². The minimum Gasteiger partial charge on any atom is -0.348 e. The van der Waals surface area contributed by atoms with Gasteiger partial charge < -0.3 is 10.2 Å². The quantitative estimate of drug-likeness (QED) is 0.621. The fraction of sp³-hybridized carbons (Fsp3) is 0.409. The molecule has 1 saturated carbocycles. The lowest BCUT2D eigenvalue weighted by molar-refractivity contribution is 0.709. The van der Waals surface area contributed by atoms with E-state index in [-0.39, 0.29) is 0 Å². The predicted molar refractivity (Wildman–Crippen MR) is 115 cm³/mol. The number of rotatable bonds is 5. The molecule has 2 aliphatic rings. The van der Waals surface area contributed by atoms with Crippen LogP contribution in [0.2, 0.25) is 0 Å². The van der Waals surface area contributed by atoms with Crippen LogP contribution in [-0.2, 0) is 0 Å². The Morgan fingerprint density at radius 3 is 2.57 bits per heavy atom. The number of nitrogens with zero attached hydrogens (tertiary/aromatic N) is 4. The normalized spacial score (nSPS) is 19.2. The molecule has 0 bridgehead atoms. The fourth-order valence-corrected chi connectivity index (χ4v) is 4.63. The number of nitrogens with one attached hydrogen (secondary N) is 1. The zero-order valence-electron chi connectivity index (χ0n) is 16.4. The molecule has 1 aromatic carbocycles. The fourth-order valence-electron chi connectivity index (χ4n) is 3.96. The van der Waals surface area contributed by atoms with Gasteiger partial charge in [-0.25, -0.2) is 9.97 Å². The van der Waals surface area contributed by atoms with Crippen molar-refractivity contribution >= 4 is 28.1 Å². The molecular formula is C22H25N5S. The lowest BCUT2D eigenvalue weighted by atomic mass is 10.0. The Labute approximate surface area is 169 Å². The number of thiazole rings is 1. The zero-order chi connectivity index (χ0) is 19.1. The molecule has 2 aromatic heterocycles. The minimum absolute atomic E-state index is 0.372. The highest BCUT2D eigenvalue weighted by Gasteiger charge is 2.32. The smallest absolute Gasteiger partial charge is 0.188 e. The second-order valence-electron chi connectivity index (χ2n) is 7.90. The van der Waals surface area contributed by atoms with Crippen LogP contribution in [0.15, 0.2) is 36.7 Å². The van der Waals surface area contributed by atoms with Gasteiger partial charge in [0.25, 0.3) is 0 Å². The number of aryl methyl sites for hydroxylation is 2. The van der Waals surface area contributed by atoms with Crippen LogP contribution in [0.4, 0.5) is 16.8 Å². The summed E-state index contributed by atoms with van der Waals surface area (Å²) in [5.41, 5.74) is 3.75. The Morgan fingerprint density at radius 2 is 1.86 bits per heavy atom. The molecule has 144 valence electrons. The van der Waals surface area contributed by atoms with Crippen molar-refractivity contribution in [1.82, 2.24) is 15.0 Å². The van der Waals surface area contributed by atoms with E-state index >= 15 is 0 Å².